The molecule has 0 spiro atoms. The quantitative estimate of drug-likeness (QED) is 0.736. The monoisotopic (exact) mass is 347 g/mol. The molecule has 1 fully saturated rings. The number of nitrogens with one attached hydrogen (secondary N) is 1. The van der Waals surface area contributed by atoms with Crippen molar-refractivity contribution in [3.63, 3.8) is 0 Å². The van der Waals surface area contributed by atoms with Crippen LogP contribution in [0.1, 0.15) is 17.3 Å². The van der Waals surface area contributed by atoms with Crippen LogP contribution in [0.3, 0.4) is 0 Å². The zero-order chi connectivity index (χ0) is 18.3. The maximum absolute atomic E-state index is 12.6. The highest BCUT2D eigenvalue weighted by Gasteiger charge is 2.44. The van der Waals surface area contributed by atoms with E-state index in [-0.39, 0.29) is 0 Å². The summed E-state index contributed by atoms with van der Waals surface area (Å²) in [6.45, 7) is 1.72. The van der Waals surface area contributed by atoms with Crippen molar-refractivity contribution in [2.24, 2.45) is 0 Å². The number of aromatic amines is 1. The van der Waals surface area contributed by atoms with Gasteiger partial charge < -0.3 is 4.98 Å². The van der Waals surface area contributed by atoms with Crippen LogP contribution in [0.25, 0.3) is 11.3 Å². The number of imidazole rings is 1. The Labute approximate surface area is 148 Å². The van der Waals surface area contributed by atoms with Gasteiger partial charge in [-0.25, -0.2) is 14.6 Å². The lowest BCUT2D eigenvalue weighted by molar-refractivity contribution is -0.120. The predicted molar refractivity (Wildman–Crippen MR) is 95.2 cm³/mol. The van der Waals surface area contributed by atoms with Gasteiger partial charge in [0.25, 0.3) is 5.91 Å². The van der Waals surface area contributed by atoms with Crippen LogP contribution in [0.4, 0.5) is 4.79 Å². The Balaban J connectivity index is 1.86. The average Bonchev–Trinajstić information content (AvgIpc) is 3.11. The molecule has 0 bridgehead atoms. The molecule has 1 radical (unpaired) electrons. The zero-order valence-electron chi connectivity index (χ0n) is 13.9. The molecular formula is C19H15N4O3. The second kappa shape index (κ2) is 6.03. The summed E-state index contributed by atoms with van der Waals surface area (Å²) in [6, 6.07) is 16.4. The molecule has 2 aromatic carbocycles. The molecule has 7 nitrogen and oxygen atoms in total. The minimum absolute atomic E-state index is 0.500. The summed E-state index contributed by atoms with van der Waals surface area (Å²) in [5.74, 6) is -0.588. The zero-order valence-corrected chi connectivity index (χ0v) is 13.9. The molecule has 7 heteroatoms. The lowest BCUT2D eigenvalue weighted by Gasteiger charge is -2.23. The van der Waals surface area contributed by atoms with E-state index in [1.165, 1.54) is 4.68 Å². The third-order valence-electron chi connectivity index (χ3n) is 4.38. The summed E-state index contributed by atoms with van der Waals surface area (Å²) >= 11 is 0. The average molecular weight is 347 g/mol. The number of carbonyl (C=O) groups excluding carboxylic acids is 2. The molecular weight excluding hydrogens is 332 g/mol. The van der Waals surface area contributed by atoms with E-state index in [9.17, 15) is 14.4 Å². The summed E-state index contributed by atoms with van der Waals surface area (Å²) in [4.78, 5) is 40.1. The first-order chi connectivity index (χ1) is 12.6. The van der Waals surface area contributed by atoms with Gasteiger partial charge >= 0.3 is 11.7 Å². The number of hydrogen-bond donors (Lipinski definition) is 1. The van der Waals surface area contributed by atoms with Gasteiger partial charge in [-0.15, -0.1) is 0 Å². The van der Waals surface area contributed by atoms with Crippen LogP contribution in [0.5, 0.6) is 0 Å². The number of carbonyl (C=O) groups is 2. The predicted octanol–water partition coefficient (Wildman–Crippen LogP) is 2.10. The maximum Gasteiger partial charge on any atom is 0.367 e. The van der Waals surface area contributed by atoms with E-state index in [1.54, 1.807) is 31.2 Å². The number of nitrogens with zero attached hydrogens (tertiary/aromatic N) is 3. The molecule has 1 aliphatic rings. The van der Waals surface area contributed by atoms with Crippen LogP contribution in [-0.4, -0.2) is 21.6 Å². The van der Waals surface area contributed by atoms with E-state index in [0.717, 1.165) is 10.6 Å². The number of amides is 3. The Morgan fingerprint density at radius 3 is 2.19 bits per heavy atom. The molecule has 26 heavy (non-hydrogen) atoms. The third kappa shape index (κ3) is 2.41. The highest BCUT2D eigenvalue weighted by molar-refractivity contribution is 6.10. The van der Waals surface area contributed by atoms with Crippen LogP contribution < -0.4 is 16.0 Å². The highest BCUT2D eigenvalue weighted by atomic mass is 16.2. The number of hydrogen-bond acceptors (Lipinski definition) is 3. The molecule has 1 aliphatic heterocycles. The van der Waals surface area contributed by atoms with Crippen molar-refractivity contribution in [1.82, 2.24) is 15.0 Å². The van der Waals surface area contributed by atoms with E-state index >= 15 is 0 Å². The van der Waals surface area contributed by atoms with Gasteiger partial charge in [-0.05, 0) is 18.1 Å². The Morgan fingerprint density at radius 1 is 0.923 bits per heavy atom. The van der Waals surface area contributed by atoms with E-state index in [1.807, 2.05) is 36.4 Å². The van der Waals surface area contributed by atoms with E-state index in [2.05, 4.69) is 10.3 Å². The van der Waals surface area contributed by atoms with Crippen molar-refractivity contribution in [2.75, 3.05) is 5.01 Å². The minimum atomic E-state index is -0.959. The number of rotatable bonds is 3. The molecule has 3 amide bonds. The fourth-order valence-electron chi connectivity index (χ4n) is 3.20. The fourth-order valence-corrected chi connectivity index (χ4v) is 3.20. The summed E-state index contributed by atoms with van der Waals surface area (Å²) in [7, 11) is 0. The number of benzene rings is 2. The summed E-state index contributed by atoms with van der Waals surface area (Å²) in [5.41, 5.74) is 2.03. The second-order valence-corrected chi connectivity index (χ2v) is 5.96. The van der Waals surface area contributed by atoms with Crippen LogP contribution >= 0.6 is 0 Å². The second-order valence-electron chi connectivity index (χ2n) is 5.96. The first-order valence-electron chi connectivity index (χ1n) is 8.09. The van der Waals surface area contributed by atoms with Gasteiger partial charge in [0.15, 0.2) is 6.04 Å². The molecule has 1 unspecified atom stereocenters. The van der Waals surface area contributed by atoms with Crippen LogP contribution in [-0.2, 0) is 4.79 Å². The molecule has 3 aromatic rings. The van der Waals surface area contributed by atoms with Gasteiger partial charge in [-0.1, -0.05) is 60.7 Å². The third-order valence-corrected chi connectivity index (χ3v) is 4.38. The van der Waals surface area contributed by atoms with Gasteiger partial charge in [0, 0.05) is 0 Å². The van der Waals surface area contributed by atoms with Crippen molar-refractivity contribution in [2.45, 2.75) is 13.0 Å². The Kier molecular flexibility index (Phi) is 3.69. The smallest absolute Gasteiger partial charge is 0.304 e. The van der Waals surface area contributed by atoms with Gasteiger partial charge in [0.2, 0.25) is 0 Å². The SMILES string of the molecule is Cc1c(-c2ccccc2)[nH]c(=O)n1N1C(=O)[N]C(=O)C1c1ccccc1. The fraction of sp³-hybridized carbons (Fsp3) is 0.105. The standard InChI is InChI=1S/C19H15N4O3/c1-12-15(13-8-4-2-5-9-13)20-18(25)22(12)23-16(17(24)21-19(23)26)14-10-6-3-7-11-14/h2-11,16H,1H3,(H,20,25). The summed E-state index contributed by atoms with van der Waals surface area (Å²) < 4.78 is 1.19. The van der Waals surface area contributed by atoms with Crippen molar-refractivity contribution in [1.29, 1.82) is 0 Å². The van der Waals surface area contributed by atoms with Crippen molar-refractivity contribution in [3.05, 3.63) is 82.4 Å². The number of imide groups is 1. The van der Waals surface area contributed by atoms with Crippen molar-refractivity contribution >= 4 is 11.9 Å². The number of urea groups is 1. The molecule has 4 rings (SSSR count). The first kappa shape index (κ1) is 15.9. The number of H-pyrrole nitrogens is 1. The normalized spacial score (nSPS) is 16.8. The molecule has 1 N–H and O–H groups in total. The first-order valence-corrected chi connectivity index (χ1v) is 8.09. The van der Waals surface area contributed by atoms with Gasteiger partial charge in [0.05, 0.1) is 11.4 Å². The molecule has 1 atom stereocenters. The van der Waals surface area contributed by atoms with Gasteiger partial charge in [0.1, 0.15) is 0 Å². The molecule has 0 aliphatic carbocycles. The lowest BCUT2D eigenvalue weighted by Crippen LogP contribution is -2.45. The topological polar surface area (TPSA) is 89.3 Å². The van der Waals surface area contributed by atoms with Gasteiger partial charge in [-0.2, -0.15) is 9.99 Å². The van der Waals surface area contributed by atoms with Gasteiger partial charge in [-0.3, -0.25) is 4.79 Å². The molecule has 0 saturated carbocycles. The van der Waals surface area contributed by atoms with E-state index < -0.39 is 23.7 Å². The van der Waals surface area contributed by atoms with Crippen LogP contribution in [0, 0.1) is 6.92 Å². The Morgan fingerprint density at radius 2 is 1.54 bits per heavy atom. The molecule has 1 saturated heterocycles. The van der Waals surface area contributed by atoms with Crippen LogP contribution in [0.2, 0.25) is 0 Å². The summed E-state index contributed by atoms with van der Waals surface area (Å²) in [5, 5.41) is 4.65. The molecule has 1 aromatic heterocycles. The maximum atomic E-state index is 12.6. The number of aromatic nitrogens is 2. The van der Waals surface area contributed by atoms with Crippen molar-refractivity contribution in [3.8, 4) is 11.3 Å². The molecule has 129 valence electrons. The van der Waals surface area contributed by atoms with Crippen LogP contribution in [0.15, 0.2) is 65.5 Å². The Hall–Kier alpha value is -3.61. The Bertz CT molecular complexity index is 1040. The van der Waals surface area contributed by atoms with E-state index in [4.69, 9.17) is 0 Å². The minimum Gasteiger partial charge on any atom is -0.304 e. The molecule has 2 heterocycles. The lowest BCUT2D eigenvalue weighted by atomic mass is 10.1. The highest BCUT2D eigenvalue weighted by Crippen LogP contribution is 2.27. The largest absolute Gasteiger partial charge is 0.367 e. The summed E-state index contributed by atoms with van der Waals surface area (Å²) in [6.07, 6.45) is 0. The van der Waals surface area contributed by atoms with Crippen molar-refractivity contribution < 1.29 is 9.59 Å². The van der Waals surface area contributed by atoms with E-state index in [0.29, 0.717) is 17.0 Å².